The second-order valence-corrected chi connectivity index (χ2v) is 7.15. The average Bonchev–Trinajstić information content (AvgIpc) is 3.36. The molecule has 1 saturated heterocycles. The lowest BCUT2D eigenvalue weighted by atomic mass is 10.1. The predicted molar refractivity (Wildman–Crippen MR) is 113 cm³/mol. The van der Waals surface area contributed by atoms with E-state index >= 15 is 0 Å². The molecule has 3 rings (SSSR count). The lowest BCUT2D eigenvalue weighted by molar-refractivity contribution is 0.0786. The third-order valence-electron chi connectivity index (χ3n) is 5.10. The first-order chi connectivity index (χ1) is 13.6. The van der Waals surface area contributed by atoms with E-state index in [2.05, 4.69) is 19.6 Å². The van der Waals surface area contributed by atoms with Gasteiger partial charge in [0.1, 0.15) is 5.75 Å². The Balaban J connectivity index is 2.04. The topological polar surface area (TPSA) is 47.4 Å². The number of nitrogens with zero attached hydrogens (tertiary/aromatic N) is 3. The summed E-state index contributed by atoms with van der Waals surface area (Å²) >= 11 is 0. The summed E-state index contributed by atoms with van der Waals surface area (Å²) in [5.41, 5.74) is 4.52. The summed E-state index contributed by atoms with van der Waals surface area (Å²) in [5, 5.41) is 4.72. The van der Waals surface area contributed by atoms with Crippen LogP contribution in [0.15, 0.2) is 43.0 Å². The van der Waals surface area contributed by atoms with Gasteiger partial charge in [-0.05, 0) is 62.1 Å². The van der Waals surface area contributed by atoms with Gasteiger partial charge in [0.25, 0.3) is 5.91 Å². The summed E-state index contributed by atoms with van der Waals surface area (Å²) in [6.45, 7) is 9.67. The molecule has 28 heavy (non-hydrogen) atoms. The van der Waals surface area contributed by atoms with Crippen LogP contribution in [0, 0.1) is 6.92 Å². The minimum Gasteiger partial charge on any atom is -0.496 e. The van der Waals surface area contributed by atoms with E-state index in [0.29, 0.717) is 5.69 Å². The molecule has 1 fully saturated rings. The van der Waals surface area contributed by atoms with E-state index < -0.39 is 0 Å². The smallest absolute Gasteiger partial charge is 0.274 e. The van der Waals surface area contributed by atoms with Gasteiger partial charge in [-0.1, -0.05) is 26.0 Å². The van der Waals surface area contributed by atoms with Crippen molar-refractivity contribution in [3.05, 3.63) is 65.5 Å². The molecule has 0 unspecified atom stereocenters. The van der Waals surface area contributed by atoms with Crippen LogP contribution >= 0.6 is 0 Å². The van der Waals surface area contributed by atoms with Gasteiger partial charge in [0.05, 0.1) is 12.8 Å². The van der Waals surface area contributed by atoms with Crippen LogP contribution in [-0.4, -0.2) is 40.8 Å². The first kappa shape index (κ1) is 19.9. The van der Waals surface area contributed by atoms with E-state index in [4.69, 9.17) is 9.84 Å². The molecule has 148 valence electrons. The zero-order valence-corrected chi connectivity index (χ0v) is 17.1. The fourth-order valence-corrected chi connectivity index (χ4v) is 3.69. The molecule has 5 heteroatoms. The normalized spacial score (nSPS) is 14.4. The molecule has 0 bridgehead atoms. The van der Waals surface area contributed by atoms with Crippen LogP contribution in [0.25, 0.3) is 5.70 Å². The molecule has 1 aliphatic rings. The summed E-state index contributed by atoms with van der Waals surface area (Å²) in [7, 11) is 1.67. The number of carbonyl (C=O) groups is 1. The number of hydrogen-bond acceptors (Lipinski definition) is 3. The van der Waals surface area contributed by atoms with Crippen LogP contribution in [0.4, 0.5) is 0 Å². The van der Waals surface area contributed by atoms with Crippen molar-refractivity contribution in [1.82, 2.24) is 14.7 Å². The summed E-state index contributed by atoms with van der Waals surface area (Å²) in [6.07, 6.45) is 7.67. The standard InChI is InChI=1S/C23H29N3O2/c1-5-9-19-16-20(23(27)25-13-7-8-14-25)24-26(19)21(10-6-2)18-11-12-22(28-4)17(3)15-18/h6,10-12,15-16H,2,5,7-9,13-14H2,1,3-4H3/b21-10-. The van der Waals surface area contributed by atoms with Gasteiger partial charge in [-0.3, -0.25) is 4.79 Å². The number of carbonyl (C=O) groups excluding carboxylic acids is 1. The van der Waals surface area contributed by atoms with Gasteiger partial charge < -0.3 is 9.64 Å². The highest BCUT2D eigenvalue weighted by Crippen LogP contribution is 2.26. The van der Waals surface area contributed by atoms with Crippen molar-refractivity contribution in [2.45, 2.75) is 39.5 Å². The van der Waals surface area contributed by atoms with Crippen molar-refractivity contribution < 1.29 is 9.53 Å². The molecule has 0 spiro atoms. The molecule has 1 amide bonds. The highest BCUT2D eigenvalue weighted by molar-refractivity contribution is 5.93. The van der Waals surface area contributed by atoms with E-state index in [1.54, 1.807) is 13.2 Å². The Labute approximate surface area is 167 Å². The van der Waals surface area contributed by atoms with Crippen LogP contribution < -0.4 is 4.74 Å². The van der Waals surface area contributed by atoms with Crippen molar-refractivity contribution in [2.75, 3.05) is 20.2 Å². The molecular formula is C23H29N3O2. The van der Waals surface area contributed by atoms with E-state index in [1.165, 1.54) is 0 Å². The Hall–Kier alpha value is -2.82. The zero-order chi connectivity index (χ0) is 20.1. The number of methoxy groups -OCH3 is 1. The molecule has 0 saturated carbocycles. The van der Waals surface area contributed by atoms with Gasteiger partial charge in [-0.15, -0.1) is 0 Å². The predicted octanol–water partition coefficient (Wildman–Crippen LogP) is 4.46. The Morgan fingerprint density at radius 2 is 2.04 bits per heavy atom. The van der Waals surface area contributed by atoms with Crippen molar-refractivity contribution in [2.24, 2.45) is 0 Å². The lowest BCUT2D eigenvalue weighted by Crippen LogP contribution is -2.28. The molecule has 1 aromatic carbocycles. The van der Waals surface area contributed by atoms with Crippen LogP contribution in [-0.2, 0) is 6.42 Å². The van der Waals surface area contributed by atoms with Gasteiger partial charge in [-0.2, -0.15) is 5.10 Å². The first-order valence-electron chi connectivity index (χ1n) is 9.95. The molecule has 0 aliphatic carbocycles. The molecule has 2 aromatic rings. The van der Waals surface area contributed by atoms with Gasteiger partial charge in [0.2, 0.25) is 0 Å². The maximum absolute atomic E-state index is 12.9. The van der Waals surface area contributed by atoms with E-state index in [1.807, 2.05) is 40.8 Å². The van der Waals surface area contributed by atoms with Crippen molar-refractivity contribution >= 4 is 11.6 Å². The van der Waals surface area contributed by atoms with Crippen LogP contribution in [0.1, 0.15) is 53.5 Å². The number of rotatable bonds is 7. The molecule has 0 atom stereocenters. The third-order valence-corrected chi connectivity index (χ3v) is 5.10. The Kier molecular flexibility index (Phi) is 6.34. The number of likely N-dealkylation sites (tertiary alicyclic amines) is 1. The zero-order valence-electron chi connectivity index (χ0n) is 17.1. The fourth-order valence-electron chi connectivity index (χ4n) is 3.69. The largest absolute Gasteiger partial charge is 0.496 e. The summed E-state index contributed by atoms with van der Waals surface area (Å²) < 4.78 is 7.29. The van der Waals surface area contributed by atoms with E-state index in [-0.39, 0.29) is 5.91 Å². The molecule has 0 radical (unpaired) electrons. The molecule has 0 N–H and O–H groups in total. The molecule has 1 aliphatic heterocycles. The molecule has 1 aromatic heterocycles. The maximum atomic E-state index is 12.9. The third kappa shape index (κ3) is 4.03. The number of amides is 1. The first-order valence-corrected chi connectivity index (χ1v) is 9.95. The van der Waals surface area contributed by atoms with E-state index in [0.717, 1.165) is 67.0 Å². The number of aromatic nitrogens is 2. The number of allylic oxidation sites excluding steroid dienone is 2. The number of benzene rings is 1. The minimum absolute atomic E-state index is 0.0254. The summed E-state index contributed by atoms with van der Waals surface area (Å²) in [6, 6.07) is 7.99. The van der Waals surface area contributed by atoms with Gasteiger partial charge in [0, 0.05) is 24.3 Å². The Morgan fingerprint density at radius 1 is 1.29 bits per heavy atom. The molecular weight excluding hydrogens is 350 g/mol. The maximum Gasteiger partial charge on any atom is 0.274 e. The fraction of sp³-hybridized carbons (Fsp3) is 0.391. The Morgan fingerprint density at radius 3 is 2.64 bits per heavy atom. The van der Waals surface area contributed by atoms with Crippen LogP contribution in [0.5, 0.6) is 5.75 Å². The van der Waals surface area contributed by atoms with Crippen molar-refractivity contribution in [1.29, 1.82) is 0 Å². The number of hydrogen-bond donors (Lipinski definition) is 0. The second-order valence-electron chi connectivity index (χ2n) is 7.15. The average molecular weight is 380 g/mol. The summed E-state index contributed by atoms with van der Waals surface area (Å²) in [5.74, 6) is 0.873. The monoisotopic (exact) mass is 379 g/mol. The Bertz CT molecular complexity index is 889. The second kappa shape index (κ2) is 8.91. The molecule has 2 heterocycles. The summed E-state index contributed by atoms with van der Waals surface area (Å²) in [4.78, 5) is 14.8. The highest BCUT2D eigenvalue weighted by atomic mass is 16.5. The highest BCUT2D eigenvalue weighted by Gasteiger charge is 2.24. The van der Waals surface area contributed by atoms with Gasteiger partial charge in [0.15, 0.2) is 5.69 Å². The van der Waals surface area contributed by atoms with E-state index in [9.17, 15) is 4.79 Å². The minimum atomic E-state index is 0.0254. The number of aryl methyl sites for hydroxylation is 2. The number of ether oxygens (including phenoxy) is 1. The van der Waals surface area contributed by atoms with Crippen molar-refractivity contribution in [3.8, 4) is 5.75 Å². The van der Waals surface area contributed by atoms with Gasteiger partial charge >= 0.3 is 0 Å². The van der Waals surface area contributed by atoms with Crippen molar-refractivity contribution in [3.63, 3.8) is 0 Å². The van der Waals surface area contributed by atoms with Crippen LogP contribution in [0.2, 0.25) is 0 Å². The molecule has 5 nitrogen and oxygen atoms in total. The SMILES string of the molecule is C=C/C=C(/c1ccc(OC)c(C)c1)n1nc(C(=O)N2CCCC2)cc1CCC. The van der Waals surface area contributed by atoms with Gasteiger partial charge in [-0.25, -0.2) is 4.68 Å². The lowest BCUT2D eigenvalue weighted by Gasteiger charge is -2.14. The van der Waals surface area contributed by atoms with Crippen LogP contribution in [0.3, 0.4) is 0 Å². The quantitative estimate of drug-likeness (QED) is 0.667.